The molecule has 0 aromatic rings. The summed E-state index contributed by atoms with van der Waals surface area (Å²) in [6.45, 7) is 7.92. The van der Waals surface area contributed by atoms with Crippen LogP contribution >= 0.6 is 0 Å². The number of fused-ring (bicyclic) bond motifs is 1. The summed E-state index contributed by atoms with van der Waals surface area (Å²) in [4.78, 5) is 36.6. The maximum Gasteiger partial charge on any atom is 0.306 e. The van der Waals surface area contributed by atoms with Gasteiger partial charge < -0.3 is 15.2 Å². The van der Waals surface area contributed by atoms with E-state index in [2.05, 4.69) is 6.92 Å². The van der Waals surface area contributed by atoms with Crippen molar-refractivity contribution in [3.05, 3.63) is 0 Å². The first-order valence-corrected chi connectivity index (χ1v) is 9.78. The van der Waals surface area contributed by atoms with E-state index in [9.17, 15) is 14.4 Å². The van der Waals surface area contributed by atoms with E-state index in [1.165, 1.54) is 0 Å². The Morgan fingerprint density at radius 3 is 2.46 bits per heavy atom. The molecule has 148 valence electrons. The molecule has 0 radical (unpaired) electrons. The van der Waals surface area contributed by atoms with Crippen LogP contribution < -0.4 is 5.73 Å². The smallest absolute Gasteiger partial charge is 0.306 e. The molecule has 0 aromatic heterocycles. The third kappa shape index (κ3) is 5.79. The molecular formula is C20H33NO5. The molecule has 0 spiro atoms. The van der Waals surface area contributed by atoms with Gasteiger partial charge in [0.05, 0.1) is 12.2 Å². The van der Waals surface area contributed by atoms with Gasteiger partial charge in [0, 0.05) is 24.2 Å². The number of epoxide rings is 1. The summed E-state index contributed by atoms with van der Waals surface area (Å²) >= 11 is 0. The topological polar surface area (TPSA) is 99.0 Å². The van der Waals surface area contributed by atoms with E-state index in [4.69, 9.17) is 15.2 Å². The number of esters is 1. The minimum absolute atomic E-state index is 0.0350. The molecule has 2 fully saturated rings. The van der Waals surface area contributed by atoms with Crippen molar-refractivity contribution in [2.45, 2.75) is 91.0 Å². The second-order valence-corrected chi connectivity index (χ2v) is 8.75. The highest BCUT2D eigenvalue weighted by Gasteiger charge is 2.42. The number of rotatable bonds is 1. The second kappa shape index (κ2) is 8.51. The molecule has 26 heavy (non-hydrogen) atoms. The Kier molecular flexibility index (Phi) is 6.83. The van der Waals surface area contributed by atoms with Gasteiger partial charge in [0.1, 0.15) is 5.78 Å². The number of cyclic esters (lactones) is 1. The molecular weight excluding hydrogens is 334 g/mol. The van der Waals surface area contributed by atoms with Crippen LogP contribution in [0.4, 0.5) is 0 Å². The van der Waals surface area contributed by atoms with Crippen LogP contribution in [-0.2, 0) is 23.9 Å². The van der Waals surface area contributed by atoms with Gasteiger partial charge in [-0.3, -0.25) is 14.4 Å². The van der Waals surface area contributed by atoms with Crippen LogP contribution in [0.5, 0.6) is 0 Å². The lowest BCUT2D eigenvalue weighted by Crippen LogP contribution is -2.36. The summed E-state index contributed by atoms with van der Waals surface area (Å²) in [5, 5.41) is 0. The number of hydrogen-bond acceptors (Lipinski definition) is 5. The first-order chi connectivity index (χ1) is 12.1. The van der Waals surface area contributed by atoms with Crippen LogP contribution in [0.1, 0.15) is 72.6 Å². The lowest BCUT2D eigenvalue weighted by atomic mass is 9.75. The largest absolute Gasteiger partial charge is 0.452 e. The lowest BCUT2D eigenvalue weighted by Gasteiger charge is -2.28. The quantitative estimate of drug-likeness (QED) is 0.567. The van der Waals surface area contributed by atoms with E-state index in [-0.39, 0.29) is 30.3 Å². The summed E-state index contributed by atoms with van der Waals surface area (Å²) in [7, 11) is 0. The SMILES string of the molecule is CC1CCCC2OC2CC(C(N)=O)OC(=O)CCC(C)(C)C(=O)C(C)C1. The van der Waals surface area contributed by atoms with Gasteiger partial charge in [0.25, 0.3) is 5.91 Å². The van der Waals surface area contributed by atoms with Crippen LogP contribution in [0.25, 0.3) is 0 Å². The van der Waals surface area contributed by atoms with Crippen molar-refractivity contribution in [1.82, 2.24) is 0 Å². The van der Waals surface area contributed by atoms with Gasteiger partial charge in [-0.05, 0) is 25.2 Å². The predicted octanol–water partition coefficient (Wildman–Crippen LogP) is 2.76. The van der Waals surface area contributed by atoms with Crippen LogP contribution in [0.2, 0.25) is 0 Å². The first kappa shape index (κ1) is 20.9. The van der Waals surface area contributed by atoms with E-state index in [0.717, 1.165) is 25.7 Å². The Bertz CT molecular complexity index is 544. The van der Waals surface area contributed by atoms with Gasteiger partial charge in [0.2, 0.25) is 0 Å². The van der Waals surface area contributed by atoms with E-state index < -0.39 is 23.4 Å². The fourth-order valence-electron chi connectivity index (χ4n) is 3.99. The standard InChI is InChI=1S/C20H33NO5/c1-12-6-5-7-14-15(25-14)11-16(19(21)24)26-17(22)8-9-20(3,4)18(23)13(2)10-12/h12-16H,5-11H2,1-4H3,(H2,21,24). The number of nitrogens with two attached hydrogens (primary N) is 1. The number of Topliss-reactive ketones (excluding diaryl/α,β-unsaturated/α-hetero) is 1. The number of carbonyl (C=O) groups excluding carboxylic acids is 3. The molecule has 5 unspecified atom stereocenters. The van der Waals surface area contributed by atoms with Gasteiger partial charge in [-0.2, -0.15) is 0 Å². The zero-order valence-electron chi connectivity index (χ0n) is 16.5. The molecule has 0 bridgehead atoms. The number of amides is 1. The van der Waals surface area contributed by atoms with Gasteiger partial charge in [-0.15, -0.1) is 0 Å². The van der Waals surface area contributed by atoms with Gasteiger partial charge in [0.15, 0.2) is 6.10 Å². The Balaban J connectivity index is 2.07. The molecule has 5 atom stereocenters. The van der Waals surface area contributed by atoms with Gasteiger partial charge in [-0.1, -0.05) is 40.5 Å². The summed E-state index contributed by atoms with van der Waals surface area (Å²) in [5.74, 6) is -0.516. The van der Waals surface area contributed by atoms with Crippen molar-refractivity contribution >= 4 is 17.7 Å². The molecule has 0 aliphatic carbocycles. The highest BCUT2D eigenvalue weighted by molar-refractivity contribution is 5.87. The van der Waals surface area contributed by atoms with Crippen molar-refractivity contribution in [2.75, 3.05) is 0 Å². The fraction of sp³-hybridized carbons (Fsp3) is 0.850. The van der Waals surface area contributed by atoms with Gasteiger partial charge >= 0.3 is 5.97 Å². The monoisotopic (exact) mass is 367 g/mol. The molecule has 2 aliphatic heterocycles. The zero-order chi connectivity index (χ0) is 19.5. The van der Waals surface area contributed by atoms with Gasteiger partial charge in [-0.25, -0.2) is 0 Å². The summed E-state index contributed by atoms with van der Waals surface area (Å²) in [6.07, 6.45) is 3.79. The normalized spacial score (nSPS) is 36.7. The van der Waals surface area contributed by atoms with Crippen LogP contribution in [0, 0.1) is 17.3 Å². The maximum absolute atomic E-state index is 12.8. The average Bonchev–Trinajstić information content (AvgIpc) is 3.28. The maximum atomic E-state index is 12.8. The number of hydrogen-bond donors (Lipinski definition) is 1. The van der Waals surface area contributed by atoms with E-state index in [1.807, 2.05) is 20.8 Å². The van der Waals surface area contributed by atoms with E-state index >= 15 is 0 Å². The van der Waals surface area contributed by atoms with Crippen molar-refractivity contribution in [3.8, 4) is 0 Å². The lowest BCUT2D eigenvalue weighted by molar-refractivity contribution is -0.156. The number of carbonyl (C=O) groups is 3. The summed E-state index contributed by atoms with van der Waals surface area (Å²) < 4.78 is 10.9. The molecule has 6 heteroatoms. The molecule has 2 saturated heterocycles. The number of ketones is 1. The van der Waals surface area contributed by atoms with Crippen LogP contribution in [0.3, 0.4) is 0 Å². The third-order valence-corrected chi connectivity index (χ3v) is 5.74. The Morgan fingerprint density at radius 1 is 1.12 bits per heavy atom. The van der Waals surface area contributed by atoms with Crippen molar-refractivity contribution in [1.29, 1.82) is 0 Å². The third-order valence-electron chi connectivity index (χ3n) is 5.74. The predicted molar refractivity (Wildman–Crippen MR) is 97.2 cm³/mol. The Morgan fingerprint density at radius 2 is 1.81 bits per heavy atom. The average molecular weight is 367 g/mol. The fourth-order valence-corrected chi connectivity index (χ4v) is 3.99. The van der Waals surface area contributed by atoms with E-state index in [0.29, 0.717) is 18.8 Å². The van der Waals surface area contributed by atoms with Crippen molar-refractivity contribution in [2.24, 2.45) is 23.0 Å². The second-order valence-electron chi connectivity index (χ2n) is 8.75. The van der Waals surface area contributed by atoms with E-state index in [1.54, 1.807) is 0 Å². The molecule has 2 rings (SSSR count). The molecule has 6 nitrogen and oxygen atoms in total. The number of primary amides is 1. The molecule has 2 heterocycles. The molecule has 1 amide bonds. The Labute approximate surface area is 156 Å². The van der Waals surface area contributed by atoms with Crippen molar-refractivity contribution < 1.29 is 23.9 Å². The highest BCUT2D eigenvalue weighted by atomic mass is 16.6. The van der Waals surface area contributed by atoms with Crippen LogP contribution in [-0.4, -0.2) is 36.0 Å². The number of ether oxygens (including phenoxy) is 2. The molecule has 0 aromatic carbocycles. The summed E-state index contributed by atoms with van der Waals surface area (Å²) in [5.41, 5.74) is 4.78. The summed E-state index contributed by atoms with van der Waals surface area (Å²) in [6, 6.07) is 0. The first-order valence-electron chi connectivity index (χ1n) is 9.78. The zero-order valence-corrected chi connectivity index (χ0v) is 16.5. The Hall–Kier alpha value is -1.43. The molecule has 2 N–H and O–H groups in total. The minimum Gasteiger partial charge on any atom is -0.452 e. The minimum atomic E-state index is -0.956. The molecule has 0 saturated carbocycles. The highest BCUT2D eigenvalue weighted by Crippen LogP contribution is 2.34. The van der Waals surface area contributed by atoms with Crippen molar-refractivity contribution in [3.63, 3.8) is 0 Å². The molecule has 2 aliphatic rings. The van der Waals surface area contributed by atoms with Crippen LogP contribution in [0.15, 0.2) is 0 Å².